The van der Waals surface area contributed by atoms with Gasteiger partial charge < -0.3 is 9.84 Å². The highest BCUT2D eigenvalue weighted by Gasteiger charge is 2.06. The van der Waals surface area contributed by atoms with Gasteiger partial charge in [-0.1, -0.05) is 41.9 Å². The highest BCUT2D eigenvalue weighted by molar-refractivity contribution is 6.30. The first-order valence-corrected chi connectivity index (χ1v) is 8.34. The normalized spacial score (nSPS) is 11.0. The van der Waals surface area contributed by atoms with Gasteiger partial charge >= 0.3 is 0 Å². The van der Waals surface area contributed by atoms with Crippen molar-refractivity contribution in [3.63, 3.8) is 0 Å². The number of nitrogens with zero attached hydrogens (tertiary/aromatic N) is 1. The summed E-state index contributed by atoms with van der Waals surface area (Å²) in [6.07, 6.45) is 1.42. The van der Waals surface area contributed by atoms with Crippen molar-refractivity contribution in [1.82, 2.24) is 5.43 Å². The number of phenols is 1. The first-order chi connectivity index (χ1) is 12.5. The Bertz CT molecular complexity index is 986. The Kier molecular flexibility index (Phi) is 5.39. The fourth-order valence-electron chi connectivity index (χ4n) is 2.54. The molecule has 5 nitrogen and oxygen atoms in total. The molecule has 3 aromatic carbocycles. The van der Waals surface area contributed by atoms with Crippen molar-refractivity contribution in [2.45, 2.75) is 6.92 Å². The lowest BCUT2D eigenvalue weighted by molar-refractivity contribution is -0.123. The molecule has 0 saturated heterocycles. The summed E-state index contributed by atoms with van der Waals surface area (Å²) < 4.78 is 5.46. The van der Waals surface area contributed by atoms with Gasteiger partial charge in [0.1, 0.15) is 11.5 Å². The van der Waals surface area contributed by atoms with E-state index in [2.05, 4.69) is 10.5 Å². The number of aryl methyl sites for hydroxylation is 1. The van der Waals surface area contributed by atoms with E-state index >= 15 is 0 Å². The van der Waals surface area contributed by atoms with Crippen LogP contribution in [0.3, 0.4) is 0 Å². The fourth-order valence-corrected chi connectivity index (χ4v) is 2.77. The van der Waals surface area contributed by atoms with E-state index in [1.807, 2.05) is 37.3 Å². The topological polar surface area (TPSA) is 70.9 Å². The molecule has 0 aliphatic rings. The second kappa shape index (κ2) is 7.89. The van der Waals surface area contributed by atoms with Crippen molar-refractivity contribution in [3.8, 4) is 11.5 Å². The number of nitrogens with one attached hydrogen (secondary N) is 1. The minimum atomic E-state index is -0.407. The van der Waals surface area contributed by atoms with Crippen LogP contribution in [0, 0.1) is 6.92 Å². The SMILES string of the molecule is Cc1cc(Cl)ccc1OCC(=O)N/N=C/c1c(O)ccc2ccccc12. The first kappa shape index (κ1) is 17.8. The van der Waals surface area contributed by atoms with Gasteiger partial charge in [0.15, 0.2) is 6.61 Å². The fraction of sp³-hybridized carbons (Fsp3) is 0.100. The number of hydrogen-bond acceptors (Lipinski definition) is 4. The van der Waals surface area contributed by atoms with E-state index in [0.717, 1.165) is 16.3 Å². The minimum absolute atomic E-state index is 0.0924. The Morgan fingerprint density at radius 2 is 2.04 bits per heavy atom. The Labute approximate surface area is 155 Å². The molecule has 0 aliphatic heterocycles. The molecule has 0 heterocycles. The monoisotopic (exact) mass is 368 g/mol. The summed E-state index contributed by atoms with van der Waals surface area (Å²) in [4.78, 5) is 11.9. The highest BCUT2D eigenvalue weighted by atomic mass is 35.5. The molecule has 132 valence electrons. The van der Waals surface area contributed by atoms with Crippen LogP contribution < -0.4 is 10.2 Å². The maximum Gasteiger partial charge on any atom is 0.277 e. The number of hydrogen-bond donors (Lipinski definition) is 2. The Balaban J connectivity index is 1.64. The maximum atomic E-state index is 11.9. The molecule has 0 aliphatic carbocycles. The predicted molar refractivity (Wildman–Crippen MR) is 103 cm³/mol. The van der Waals surface area contributed by atoms with Gasteiger partial charge in [-0.15, -0.1) is 0 Å². The van der Waals surface area contributed by atoms with Crippen LogP contribution in [-0.2, 0) is 4.79 Å². The second-order valence-corrected chi connectivity index (χ2v) is 6.15. The zero-order valence-corrected chi connectivity index (χ0v) is 14.8. The number of halogens is 1. The molecule has 2 N–H and O–H groups in total. The molecule has 6 heteroatoms. The number of rotatable bonds is 5. The summed E-state index contributed by atoms with van der Waals surface area (Å²) in [5, 5.41) is 16.4. The van der Waals surface area contributed by atoms with E-state index in [1.54, 1.807) is 24.3 Å². The molecule has 0 bridgehead atoms. The van der Waals surface area contributed by atoms with Crippen LogP contribution in [0.4, 0.5) is 0 Å². The first-order valence-electron chi connectivity index (χ1n) is 7.96. The van der Waals surface area contributed by atoms with Crippen LogP contribution in [0.1, 0.15) is 11.1 Å². The zero-order chi connectivity index (χ0) is 18.5. The van der Waals surface area contributed by atoms with Gasteiger partial charge in [-0.3, -0.25) is 4.79 Å². The lowest BCUT2D eigenvalue weighted by Crippen LogP contribution is -2.24. The third kappa shape index (κ3) is 4.13. The molecule has 0 fully saturated rings. The van der Waals surface area contributed by atoms with Crippen molar-refractivity contribution in [3.05, 3.63) is 70.7 Å². The highest BCUT2D eigenvalue weighted by Crippen LogP contribution is 2.25. The van der Waals surface area contributed by atoms with Crippen molar-refractivity contribution in [1.29, 1.82) is 0 Å². The lowest BCUT2D eigenvalue weighted by atomic mass is 10.0. The molecule has 0 atom stereocenters. The van der Waals surface area contributed by atoms with Crippen LogP contribution in [0.15, 0.2) is 59.7 Å². The number of hydrazone groups is 1. The summed E-state index contributed by atoms with van der Waals surface area (Å²) in [6, 6.07) is 16.2. The quantitative estimate of drug-likeness (QED) is 0.527. The molecule has 1 amide bonds. The summed E-state index contributed by atoms with van der Waals surface area (Å²) >= 11 is 5.89. The number of fused-ring (bicyclic) bond motifs is 1. The van der Waals surface area contributed by atoms with Crippen LogP contribution in [0.25, 0.3) is 10.8 Å². The Morgan fingerprint density at radius 3 is 2.85 bits per heavy atom. The van der Waals surface area contributed by atoms with Gasteiger partial charge in [-0.2, -0.15) is 5.10 Å². The number of aromatic hydroxyl groups is 1. The molecule has 0 radical (unpaired) electrons. The molecule has 0 saturated carbocycles. The van der Waals surface area contributed by atoms with Gasteiger partial charge in [-0.05, 0) is 47.5 Å². The standard InChI is InChI=1S/C20H17ClN2O3/c1-13-10-15(21)7-9-19(13)26-12-20(25)23-22-11-17-16-5-3-2-4-14(16)6-8-18(17)24/h2-11,24H,12H2,1H3,(H,23,25)/b22-11+. The molecule has 0 unspecified atom stereocenters. The Morgan fingerprint density at radius 1 is 1.23 bits per heavy atom. The van der Waals surface area contributed by atoms with Crippen molar-refractivity contribution in [2.75, 3.05) is 6.61 Å². The number of amides is 1. The summed E-state index contributed by atoms with van der Waals surface area (Å²) in [5.41, 5.74) is 3.77. The third-order valence-corrected chi connectivity index (χ3v) is 4.06. The van der Waals surface area contributed by atoms with Crippen molar-refractivity contribution >= 4 is 34.5 Å². The number of carbonyl (C=O) groups is 1. The van der Waals surface area contributed by atoms with E-state index in [-0.39, 0.29) is 12.4 Å². The number of phenolic OH excluding ortho intramolecular Hbond substituents is 1. The van der Waals surface area contributed by atoms with E-state index in [4.69, 9.17) is 16.3 Å². The van der Waals surface area contributed by atoms with Crippen LogP contribution in [-0.4, -0.2) is 23.8 Å². The summed E-state index contributed by atoms with van der Waals surface area (Å²) in [5.74, 6) is 0.269. The lowest BCUT2D eigenvalue weighted by Gasteiger charge is -2.08. The summed E-state index contributed by atoms with van der Waals surface area (Å²) in [7, 11) is 0. The molecule has 3 rings (SSSR count). The van der Waals surface area contributed by atoms with E-state index in [0.29, 0.717) is 16.3 Å². The molecule has 0 aromatic heterocycles. The van der Waals surface area contributed by atoms with Gasteiger partial charge in [0, 0.05) is 10.6 Å². The van der Waals surface area contributed by atoms with E-state index in [1.165, 1.54) is 6.21 Å². The number of ether oxygens (including phenoxy) is 1. The van der Waals surface area contributed by atoms with Gasteiger partial charge in [0.25, 0.3) is 5.91 Å². The molecule has 3 aromatic rings. The minimum Gasteiger partial charge on any atom is -0.507 e. The zero-order valence-electron chi connectivity index (χ0n) is 14.1. The average molecular weight is 369 g/mol. The number of benzene rings is 3. The largest absolute Gasteiger partial charge is 0.507 e. The third-order valence-electron chi connectivity index (χ3n) is 3.83. The smallest absolute Gasteiger partial charge is 0.277 e. The van der Waals surface area contributed by atoms with Crippen LogP contribution in [0.5, 0.6) is 11.5 Å². The Hall–Kier alpha value is -3.05. The summed E-state index contributed by atoms with van der Waals surface area (Å²) in [6.45, 7) is 1.67. The van der Waals surface area contributed by atoms with Gasteiger partial charge in [0.05, 0.1) is 6.21 Å². The van der Waals surface area contributed by atoms with Gasteiger partial charge in [-0.25, -0.2) is 5.43 Å². The van der Waals surface area contributed by atoms with Crippen molar-refractivity contribution < 1.29 is 14.6 Å². The van der Waals surface area contributed by atoms with Crippen LogP contribution >= 0.6 is 11.6 Å². The molecular weight excluding hydrogens is 352 g/mol. The maximum absolute atomic E-state index is 11.9. The predicted octanol–water partition coefficient (Wildman–Crippen LogP) is 4.04. The van der Waals surface area contributed by atoms with Crippen molar-refractivity contribution in [2.24, 2.45) is 5.10 Å². The second-order valence-electron chi connectivity index (χ2n) is 5.71. The van der Waals surface area contributed by atoms with E-state index in [9.17, 15) is 9.90 Å². The molecular formula is C20H17ClN2O3. The molecule has 26 heavy (non-hydrogen) atoms. The van der Waals surface area contributed by atoms with E-state index < -0.39 is 5.91 Å². The average Bonchev–Trinajstić information content (AvgIpc) is 2.63. The van der Waals surface area contributed by atoms with Gasteiger partial charge in [0.2, 0.25) is 0 Å². The van der Waals surface area contributed by atoms with Crippen LogP contribution in [0.2, 0.25) is 5.02 Å². The number of carbonyl (C=O) groups excluding carboxylic acids is 1. The molecule has 0 spiro atoms.